The summed E-state index contributed by atoms with van der Waals surface area (Å²) in [6, 6.07) is 16.4. The van der Waals surface area contributed by atoms with Gasteiger partial charge in [0.05, 0.1) is 12.7 Å². The van der Waals surface area contributed by atoms with Gasteiger partial charge in [0.15, 0.2) is 0 Å². The van der Waals surface area contributed by atoms with Crippen LogP contribution in [0.2, 0.25) is 0 Å². The first-order valence-electron chi connectivity index (χ1n) is 8.37. The van der Waals surface area contributed by atoms with Crippen molar-refractivity contribution in [3.8, 4) is 0 Å². The lowest BCUT2D eigenvalue weighted by Crippen LogP contribution is -2.29. The quantitative estimate of drug-likeness (QED) is 0.433. The summed E-state index contributed by atoms with van der Waals surface area (Å²) in [6.07, 6.45) is 1.40. The standard InChI is InChI=1S/C20H22N2O4/c1-26-20(25)16-10-5-11-17(13-16)22-19(24)14-18(23)21-12-6-9-15-7-3-2-4-8-15/h2-5,7-8,10-11,13H,6,9,12,14H2,1H3,(H,21,23)(H,22,24). The molecule has 0 spiro atoms. The molecule has 0 heterocycles. The second kappa shape index (κ2) is 9.98. The number of hydrogen-bond donors (Lipinski definition) is 2. The van der Waals surface area contributed by atoms with Gasteiger partial charge < -0.3 is 15.4 Å². The molecule has 0 bridgehead atoms. The number of benzene rings is 2. The van der Waals surface area contributed by atoms with Crippen LogP contribution in [0, 0.1) is 0 Å². The zero-order valence-corrected chi connectivity index (χ0v) is 14.7. The fourth-order valence-corrected chi connectivity index (χ4v) is 2.42. The van der Waals surface area contributed by atoms with Crippen LogP contribution in [0.15, 0.2) is 54.6 Å². The van der Waals surface area contributed by atoms with E-state index in [1.807, 2.05) is 30.3 Å². The molecule has 26 heavy (non-hydrogen) atoms. The van der Waals surface area contributed by atoms with Gasteiger partial charge in [-0.1, -0.05) is 36.4 Å². The number of hydrogen-bond acceptors (Lipinski definition) is 4. The molecule has 2 aromatic rings. The zero-order valence-electron chi connectivity index (χ0n) is 14.7. The molecule has 0 aromatic heterocycles. The topological polar surface area (TPSA) is 84.5 Å². The lowest BCUT2D eigenvalue weighted by atomic mass is 10.1. The van der Waals surface area contributed by atoms with E-state index in [4.69, 9.17) is 0 Å². The number of rotatable bonds is 8. The molecule has 0 saturated heterocycles. The number of esters is 1. The number of ether oxygens (including phenoxy) is 1. The fraction of sp³-hybridized carbons (Fsp3) is 0.250. The summed E-state index contributed by atoms with van der Waals surface area (Å²) in [5.74, 6) is -1.26. The van der Waals surface area contributed by atoms with E-state index < -0.39 is 11.9 Å². The molecule has 0 aliphatic rings. The molecule has 2 aromatic carbocycles. The average Bonchev–Trinajstić information content (AvgIpc) is 2.65. The van der Waals surface area contributed by atoms with Gasteiger partial charge in [-0.25, -0.2) is 4.79 Å². The Morgan fingerprint density at radius 3 is 2.46 bits per heavy atom. The Bertz CT molecular complexity index is 759. The van der Waals surface area contributed by atoms with Crippen LogP contribution in [0.4, 0.5) is 5.69 Å². The summed E-state index contributed by atoms with van der Waals surface area (Å²) in [7, 11) is 1.29. The Morgan fingerprint density at radius 2 is 1.73 bits per heavy atom. The number of amides is 2. The third-order valence-corrected chi connectivity index (χ3v) is 3.70. The SMILES string of the molecule is COC(=O)c1cccc(NC(=O)CC(=O)NCCCc2ccccc2)c1. The Labute approximate surface area is 152 Å². The van der Waals surface area contributed by atoms with Crippen molar-refractivity contribution in [1.82, 2.24) is 5.32 Å². The van der Waals surface area contributed by atoms with Crippen molar-refractivity contribution in [2.24, 2.45) is 0 Å². The van der Waals surface area contributed by atoms with E-state index in [2.05, 4.69) is 15.4 Å². The van der Waals surface area contributed by atoms with Gasteiger partial charge in [-0.3, -0.25) is 9.59 Å². The second-order valence-corrected chi connectivity index (χ2v) is 5.74. The maximum Gasteiger partial charge on any atom is 0.337 e. The summed E-state index contributed by atoms with van der Waals surface area (Å²) in [4.78, 5) is 35.2. The molecule has 0 aliphatic carbocycles. The minimum atomic E-state index is -0.489. The number of nitrogens with one attached hydrogen (secondary N) is 2. The molecule has 0 aliphatic heterocycles. The van der Waals surface area contributed by atoms with Crippen LogP contribution < -0.4 is 10.6 Å². The first kappa shape index (κ1) is 19.2. The lowest BCUT2D eigenvalue weighted by molar-refractivity contribution is -0.126. The maximum atomic E-state index is 11.9. The largest absolute Gasteiger partial charge is 0.465 e. The van der Waals surface area contributed by atoms with Crippen molar-refractivity contribution >= 4 is 23.5 Å². The molecule has 2 rings (SSSR count). The summed E-state index contributed by atoms with van der Waals surface area (Å²) >= 11 is 0. The highest BCUT2D eigenvalue weighted by Crippen LogP contribution is 2.12. The normalized spacial score (nSPS) is 10.0. The zero-order chi connectivity index (χ0) is 18.8. The monoisotopic (exact) mass is 354 g/mol. The minimum absolute atomic E-state index is 0.270. The predicted octanol–water partition coefficient (Wildman–Crippen LogP) is 2.55. The van der Waals surface area contributed by atoms with Crippen LogP contribution in [-0.2, 0) is 20.7 Å². The van der Waals surface area contributed by atoms with Crippen molar-refractivity contribution < 1.29 is 19.1 Å². The Kier molecular flexibility index (Phi) is 7.36. The van der Waals surface area contributed by atoms with Crippen molar-refractivity contribution in [3.05, 3.63) is 65.7 Å². The van der Waals surface area contributed by atoms with E-state index in [1.54, 1.807) is 18.2 Å². The molecule has 0 atom stereocenters. The molecular weight excluding hydrogens is 332 g/mol. The van der Waals surface area contributed by atoms with E-state index in [-0.39, 0.29) is 12.3 Å². The maximum absolute atomic E-state index is 11.9. The average molecular weight is 354 g/mol. The van der Waals surface area contributed by atoms with Crippen LogP contribution in [0.3, 0.4) is 0 Å². The molecule has 2 amide bonds. The summed E-state index contributed by atoms with van der Waals surface area (Å²) < 4.78 is 4.63. The van der Waals surface area contributed by atoms with Crippen LogP contribution in [0.5, 0.6) is 0 Å². The fourth-order valence-electron chi connectivity index (χ4n) is 2.42. The second-order valence-electron chi connectivity index (χ2n) is 5.74. The lowest BCUT2D eigenvalue weighted by Gasteiger charge is -2.08. The van der Waals surface area contributed by atoms with E-state index in [0.717, 1.165) is 12.8 Å². The first-order valence-corrected chi connectivity index (χ1v) is 8.37. The predicted molar refractivity (Wildman–Crippen MR) is 98.8 cm³/mol. The van der Waals surface area contributed by atoms with Gasteiger partial charge in [0.1, 0.15) is 6.42 Å². The van der Waals surface area contributed by atoms with Gasteiger partial charge >= 0.3 is 5.97 Å². The molecule has 0 fully saturated rings. The van der Waals surface area contributed by atoms with Gasteiger partial charge in [-0.05, 0) is 36.6 Å². The number of carbonyl (C=O) groups excluding carboxylic acids is 3. The Balaban J connectivity index is 1.72. The molecule has 0 unspecified atom stereocenters. The highest BCUT2D eigenvalue weighted by atomic mass is 16.5. The Morgan fingerprint density at radius 1 is 0.962 bits per heavy atom. The highest BCUT2D eigenvalue weighted by molar-refractivity contribution is 6.04. The molecule has 0 radical (unpaired) electrons. The van der Waals surface area contributed by atoms with Gasteiger partial charge in [-0.15, -0.1) is 0 Å². The Hall–Kier alpha value is -3.15. The molecule has 0 saturated carbocycles. The minimum Gasteiger partial charge on any atom is -0.465 e. The van der Waals surface area contributed by atoms with E-state index in [1.165, 1.54) is 18.7 Å². The molecule has 136 valence electrons. The van der Waals surface area contributed by atoms with Gasteiger partial charge in [0.2, 0.25) is 11.8 Å². The first-order chi connectivity index (χ1) is 12.6. The van der Waals surface area contributed by atoms with Crippen molar-refractivity contribution in [1.29, 1.82) is 0 Å². The van der Waals surface area contributed by atoms with E-state index >= 15 is 0 Å². The molecule has 6 heteroatoms. The molecular formula is C20H22N2O4. The van der Waals surface area contributed by atoms with Gasteiger partial charge in [-0.2, -0.15) is 0 Å². The van der Waals surface area contributed by atoms with Crippen LogP contribution in [0.1, 0.15) is 28.8 Å². The van der Waals surface area contributed by atoms with E-state index in [0.29, 0.717) is 17.8 Å². The smallest absolute Gasteiger partial charge is 0.337 e. The van der Waals surface area contributed by atoms with Gasteiger partial charge in [0.25, 0.3) is 0 Å². The summed E-state index contributed by atoms with van der Waals surface area (Å²) in [5.41, 5.74) is 1.98. The number of aryl methyl sites for hydroxylation is 1. The van der Waals surface area contributed by atoms with Gasteiger partial charge in [0, 0.05) is 12.2 Å². The molecule has 6 nitrogen and oxygen atoms in total. The highest BCUT2D eigenvalue weighted by Gasteiger charge is 2.11. The molecule has 2 N–H and O–H groups in total. The van der Waals surface area contributed by atoms with Crippen molar-refractivity contribution in [3.63, 3.8) is 0 Å². The summed E-state index contributed by atoms with van der Waals surface area (Å²) in [6.45, 7) is 0.513. The number of methoxy groups -OCH3 is 1. The van der Waals surface area contributed by atoms with Crippen molar-refractivity contribution in [2.45, 2.75) is 19.3 Å². The van der Waals surface area contributed by atoms with Crippen LogP contribution in [-0.4, -0.2) is 31.4 Å². The van der Waals surface area contributed by atoms with Crippen LogP contribution in [0.25, 0.3) is 0 Å². The number of anilines is 1. The van der Waals surface area contributed by atoms with Crippen LogP contribution >= 0.6 is 0 Å². The third kappa shape index (κ3) is 6.39. The third-order valence-electron chi connectivity index (χ3n) is 3.70. The summed E-state index contributed by atoms with van der Waals surface area (Å²) in [5, 5.41) is 5.34. The van der Waals surface area contributed by atoms with Crippen molar-refractivity contribution in [2.75, 3.05) is 19.0 Å². The number of carbonyl (C=O) groups is 3. The van der Waals surface area contributed by atoms with E-state index in [9.17, 15) is 14.4 Å².